The summed E-state index contributed by atoms with van der Waals surface area (Å²) in [5.41, 5.74) is 21.0. The van der Waals surface area contributed by atoms with Gasteiger partial charge in [-0.1, -0.05) is 37.1 Å². The lowest BCUT2D eigenvalue weighted by atomic mass is 9.80. The molecule has 4 aromatic rings. The molecule has 2 heterocycles. The van der Waals surface area contributed by atoms with Gasteiger partial charge in [0.25, 0.3) is 11.8 Å². The highest BCUT2D eigenvalue weighted by Crippen LogP contribution is 2.40. The van der Waals surface area contributed by atoms with Crippen LogP contribution in [0.1, 0.15) is 69.0 Å². The minimum absolute atomic E-state index is 0.00780. The summed E-state index contributed by atoms with van der Waals surface area (Å²) >= 11 is 0. The molecule has 2 amide bonds. The van der Waals surface area contributed by atoms with E-state index in [0.717, 1.165) is 24.8 Å². The molecule has 1 saturated carbocycles. The maximum absolute atomic E-state index is 15.1. The Bertz CT molecular complexity index is 1560. The fourth-order valence-corrected chi connectivity index (χ4v) is 4.86. The first-order chi connectivity index (χ1) is 19.2. The van der Waals surface area contributed by atoms with Crippen molar-refractivity contribution in [3.8, 4) is 5.69 Å². The number of hydrogen-bond acceptors (Lipinski definition) is 6. The van der Waals surface area contributed by atoms with Gasteiger partial charge in [0, 0.05) is 12.7 Å². The number of hydrogen-bond donors (Lipinski definition) is 4. The second kappa shape index (κ2) is 11.0. The SMILES string of the molecule is Cc1cc(C(=O)Nc2cc(C(N)(CCC3CC3)c3ccc(C(N)=O)nc3)ccc2F)n(-c2cccc(CN)c2)n1. The number of anilines is 1. The zero-order valence-corrected chi connectivity index (χ0v) is 22.2. The van der Waals surface area contributed by atoms with Crippen LogP contribution in [0, 0.1) is 18.7 Å². The summed E-state index contributed by atoms with van der Waals surface area (Å²) in [6.07, 6.45) is 5.30. The van der Waals surface area contributed by atoms with E-state index in [9.17, 15) is 9.59 Å². The molecule has 7 N–H and O–H groups in total. The van der Waals surface area contributed by atoms with Crippen LogP contribution in [0.4, 0.5) is 10.1 Å². The molecule has 0 saturated heterocycles. The zero-order chi connectivity index (χ0) is 28.4. The van der Waals surface area contributed by atoms with Gasteiger partial charge in [-0.25, -0.2) is 9.07 Å². The third-order valence-corrected chi connectivity index (χ3v) is 7.36. The largest absolute Gasteiger partial charge is 0.364 e. The summed E-state index contributed by atoms with van der Waals surface area (Å²) in [6, 6.07) is 16.8. The number of rotatable bonds is 10. The molecule has 1 unspecified atom stereocenters. The van der Waals surface area contributed by atoms with Crippen LogP contribution < -0.4 is 22.5 Å². The highest BCUT2D eigenvalue weighted by Gasteiger charge is 2.34. The lowest BCUT2D eigenvalue weighted by molar-refractivity contribution is 0.0992. The number of halogens is 1. The Kier molecular flexibility index (Phi) is 7.46. The molecule has 0 radical (unpaired) electrons. The van der Waals surface area contributed by atoms with Gasteiger partial charge in [-0.05, 0) is 78.8 Å². The predicted molar refractivity (Wildman–Crippen MR) is 150 cm³/mol. The highest BCUT2D eigenvalue weighted by molar-refractivity contribution is 6.03. The van der Waals surface area contributed by atoms with E-state index in [2.05, 4.69) is 15.4 Å². The van der Waals surface area contributed by atoms with Gasteiger partial charge < -0.3 is 22.5 Å². The molecular weight excluding hydrogens is 509 g/mol. The second-order valence-corrected chi connectivity index (χ2v) is 10.4. The third kappa shape index (κ3) is 5.63. The Morgan fingerprint density at radius 3 is 2.55 bits per heavy atom. The molecule has 1 fully saturated rings. The number of nitrogens with zero attached hydrogens (tertiary/aromatic N) is 3. The first-order valence-electron chi connectivity index (χ1n) is 13.2. The van der Waals surface area contributed by atoms with Crippen LogP contribution in [0.2, 0.25) is 0 Å². The van der Waals surface area contributed by atoms with E-state index in [1.165, 1.54) is 23.0 Å². The Morgan fingerprint density at radius 2 is 1.88 bits per heavy atom. The molecule has 0 bridgehead atoms. The first kappa shape index (κ1) is 27.2. The number of carbonyl (C=O) groups is 2. The molecular formula is C30H32FN7O2. The van der Waals surface area contributed by atoms with Crippen molar-refractivity contribution < 1.29 is 14.0 Å². The molecule has 10 heteroatoms. The predicted octanol–water partition coefficient (Wildman–Crippen LogP) is 3.92. The van der Waals surface area contributed by atoms with E-state index < -0.39 is 23.2 Å². The van der Waals surface area contributed by atoms with E-state index in [0.29, 0.717) is 41.4 Å². The number of primary amides is 1. The standard InChI is InChI=1S/C30H32FN7O2/c1-18-13-27(38(37-18)23-4-2-3-20(14-23)16-32)29(40)36-26-15-21(7-9-24(26)31)30(34,12-11-19-5-6-19)22-8-10-25(28(33)39)35-17-22/h2-4,7-10,13-15,17,19H,5-6,11-12,16,32,34H2,1H3,(H2,33,39)(H,36,40). The van der Waals surface area contributed by atoms with Crippen LogP contribution in [0.25, 0.3) is 5.69 Å². The summed E-state index contributed by atoms with van der Waals surface area (Å²) in [7, 11) is 0. The summed E-state index contributed by atoms with van der Waals surface area (Å²) in [4.78, 5) is 29.2. The van der Waals surface area contributed by atoms with Crippen molar-refractivity contribution in [2.45, 2.75) is 44.7 Å². The van der Waals surface area contributed by atoms with Gasteiger partial charge in [-0.15, -0.1) is 0 Å². The van der Waals surface area contributed by atoms with E-state index in [1.54, 1.807) is 31.2 Å². The summed E-state index contributed by atoms with van der Waals surface area (Å²) in [6.45, 7) is 2.12. The van der Waals surface area contributed by atoms with Crippen molar-refractivity contribution in [2.75, 3.05) is 5.32 Å². The minimum Gasteiger partial charge on any atom is -0.364 e. The number of nitrogens with two attached hydrogens (primary N) is 3. The fraction of sp³-hybridized carbons (Fsp3) is 0.267. The molecule has 0 aliphatic heterocycles. The highest BCUT2D eigenvalue weighted by atomic mass is 19.1. The first-order valence-corrected chi connectivity index (χ1v) is 13.2. The number of pyridine rings is 1. The molecule has 1 aliphatic carbocycles. The molecule has 1 aliphatic rings. The summed E-state index contributed by atoms with van der Waals surface area (Å²) in [5.74, 6) is -1.16. The smallest absolute Gasteiger partial charge is 0.274 e. The quantitative estimate of drug-likeness (QED) is 0.239. The maximum atomic E-state index is 15.1. The van der Waals surface area contributed by atoms with E-state index in [-0.39, 0.29) is 17.1 Å². The normalized spacial score (nSPS) is 14.5. The Hall–Kier alpha value is -4.41. The van der Waals surface area contributed by atoms with Crippen molar-refractivity contribution >= 4 is 17.5 Å². The number of nitrogens with one attached hydrogen (secondary N) is 1. The molecule has 1 atom stereocenters. The number of carbonyl (C=O) groups excluding carboxylic acids is 2. The molecule has 2 aromatic heterocycles. The zero-order valence-electron chi connectivity index (χ0n) is 22.2. The van der Waals surface area contributed by atoms with Crippen LogP contribution in [0.15, 0.2) is 66.9 Å². The van der Waals surface area contributed by atoms with Crippen LogP contribution in [0.5, 0.6) is 0 Å². The monoisotopic (exact) mass is 541 g/mol. The van der Waals surface area contributed by atoms with Gasteiger partial charge in [0.05, 0.1) is 22.6 Å². The van der Waals surface area contributed by atoms with Crippen molar-refractivity contribution in [3.63, 3.8) is 0 Å². The maximum Gasteiger partial charge on any atom is 0.274 e. The average Bonchev–Trinajstić information content (AvgIpc) is 3.71. The number of aromatic nitrogens is 3. The van der Waals surface area contributed by atoms with E-state index >= 15 is 4.39 Å². The molecule has 40 heavy (non-hydrogen) atoms. The second-order valence-electron chi connectivity index (χ2n) is 10.4. The molecule has 5 rings (SSSR count). The number of aryl methyl sites for hydroxylation is 1. The van der Waals surface area contributed by atoms with Crippen LogP contribution in [-0.4, -0.2) is 26.6 Å². The lowest BCUT2D eigenvalue weighted by Gasteiger charge is -2.31. The molecule has 0 spiro atoms. The topological polar surface area (TPSA) is 155 Å². The minimum atomic E-state index is -1.03. The van der Waals surface area contributed by atoms with Crippen LogP contribution in [-0.2, 0) is 12.1 Å². The number of benzene rings is 2. The third-order valence-electron chi connectivity index (χ3n) is 7.36. The summed E-state index contributed by atoms with van der Waals surface area (Å²) < 4.78 is 16.6. The van der Waals surface area contributed by atoms with Gasteiger partial charge in [0.15, 0.2) is 0 Å². The van der Waals surface area contributed by atoms with Crippen molar-refractivity contribution in [1.29, 1.82) is 0 Å². The van der Waals surface area contributed by atoms with E-state index in [4.69, 9.17) is 17.2 Å². The van der Waals surface area contributed by atoms with Gasteiger partial charge in [0.2, 0.25) is 0 Å². The van der Waals surface area contributed by atoms with E-state index in [1.807, 2.05) is 24.3 Å². The Morgan fingerprint density at radius 1 is 1.10 bits per heavy atom. The van der Waals surface area contributed by atoms with Crippen molar-refractivity contribution in [2.24, 2.45) is 23.1 Å². The fourth-order valence-electron chi connectivity index (χ4n) is 4.86. The van der Waals surface area contributed by atoms with Crippen LogP contribution >= 0.6 is 0 Å². The van der Waals surface area contributed by atoms with Gasteiger partial charge in [-0.2, -0.15) is 5.10 Å². The summed E-state index contributed by atoms with van der Waals surface area (Å²) in [5, 5.41) is 7.18. The van der Waals surface area contributed by atoms with Crippen LogP contribution in [0.3, 0.4) is 0 Å². The number of amides is 2. The van der Waals surface area contributed by atoms with Crippen molar-refractivity contribution in [1.82, 2.24) is 14.8 Å². The Labute approximate surface area is 231 Å². The van der Waals surface area contributed by atoms with Gasteiger partial charge >= 0.3 is 0 Å². The molecule has 9 nitrogen and oxygen atoms in total. The molecule has 2 aromatic carbocycles. The lowest BCUT2D eigenvalue weighted by Crippen LogP contribution is -2.38. The average molecular weight is 542 g/mol. The molecule has 206 valence electrons. The Balaban J connectivity index is 1.48. The van der Waals surface area contributed by atoms with Crippen molar-refractivity contribution in [3.05, 3.63) is 106 Å². The van der Waals surface area contributed by atoms with Gasteiger partial charge in [-0.3, -0.25) is 14.6 Å². The van der Waals surface area contributed by atoms with Gasteiger partial charge in [0.1, 0.15) is 17.2 Å².